The second-order valence-corrected chi connectivity index (χ2v) is 10.1. The monoisotopic (exact) mass is 565 g/mol. The number of carboxylic acids is 1. The molecule has 0 unspecified atom stereocenters. The van der Waals surface area contributed by atoms with Gasteiger partial charge >= 0.3 is 12.3 Å². The van der Waals surface area contributed by atoms with E-state index in [1.165, 1.54) is 17.7 Å². The van der Waals surface area contributed by atoms with Gasteiger partial charge in [0.1, 0.15) is 5.75 Å². The summed E-state index contributed by atoms with van der Waals surface area (Å²) in [7, 11) is 0. The van der Waals surface area contributed by atoms with Crippen molar-refractivity contribution in [2.24, 2.45) is 5.92 Å². The molecule has 11 heteroatoms. The highest BCUT2D eigenvalue weighted by atomic mass is 35.5. The number of halogens is 4. The highest BCUT2D eigenvalue weighted by molar-refractivity contribution is 5.87. The van der Waals surface area contributed by atoms with Crippen molar-refractivity contribution >= 4 is 35.2 Å². The zero-order valence-electron chi connectivity index (χ0n) is 21.3. The lowest BCUT2D eigenvalue weighted by Crippen LogP contribution is -2.45. The average Bonchev–Trinajstić information content (AvgIpc) is 3.18. The minimum absolute atomic E-state index is 0. The van der Waals surface area contributed by atoms with Crippen molar-refractivity contribution in [2.45, 2.75) is 45.1 Å². The molecule has 3 heterocycles. The number of piperidine rings is 1. The van der Waals surface area contributed by atoms with E-state index in [0.717, 1.165) is 54.5 Å². The molecule has 1 saturated heterocycles. The Kier molecular flexibility index (Phi) is 8.76. The van der Waals surface area contributed by atoms with Crippen molar-refractivity contribution in [3.8, 4) is 5.75 Å². The lowest BCUT2D eigenvalue weighted by atomic mass is 9.93. The van der Waals surface area contributed by atoms with Crippen LogP contribution in [0.3, 0.4) is 0 Å². The highest BCUT2D eigenvalue weighted by Crippen LogP contribution is 2.32. The number of carbonyl (C=O) groups is 2. The van der Waals surface area contributed by atoms with E-state index in [9.17, 15) is 22.8 Å². The molecule has 1 fully saturated rings. The van der Waals surface area contributed by atoms with Crippen molar-refractivity contribution < 1.29 is 32.6 Å². The molecule has 2 aliphatic rings. The number of hydrogen-bond acceptors (Lipinski definition) is 4. The number of carbonyl (C=O) groups excluding carboxylic acids is 1. The van der Waals surface area contributed by atoms with Crippen LogP contribution in [0.1, 0.15) is 36.1 Å². The molecule has 3 aromatic rings. The van der Waals surface area contributed by atoms with E-state index in [0.29, 0.717) is 26.2 Å². The number of hydrogen-bond donors (Lipinski definition) is 1. The summed E-state index contributed by atoms with van der Waals surface area (Å²) in [6.45, 7) is 3.30. The summed E-state index contributed by atoms with van der Waals surface area (Å²) in [5.41, 5.74) is 4.11. The van der Waals surface area contributed by atoms with Gasteiger partial charge in [-0.05, 0) is 67.6 Å². The molecule has 0 saturated carbocycles. The van der Waals surface area contributed by atoms with Gasteiger partial charge in [0, 0.05) is 36.1 Å². The third kappa shape index (κ3) is 6.86. The Morgan fingerprint density at radius 1 is 1.00 bits per heavy atom. The molecule has 2 aromatic carbocycles. The zero-order chi connectivity index (χ0) is 26.9. The highest BCUT2D eigenvalue weighted by Gasteiger charge is 2.31. The van der Waals surface area contributed by atoms with Gasteiger partial charge in [0.25, 0.3) is 0 Å². The third-order valence-corrected chi connectivity index (χ3v) is 7.55. The topological polar surface area (TPSA) is 75.0 Å². The molecule has 0 radical (unpaired) electrons. The Labute approximate surface area is 230 Å². The van der Waals surface area contributed by atoms with Gasteiger partial charge in [-0.15, -0.1) is 25.6 Å². The molecular formula is C28H31ClF3N3O4. The second-order valence-electron chi connectivity index (χ2n) is 10.1. The van der Waals surface area contributed by atoms with Crippen molar-refractivity contribution in [1.82, 2.24) is 14.4 Å². The molecule has 7 nitrogen and oxygen atoms in total. The summed E-state index contributed by atoms with van der Waals surface area (Å²) >= 11 is 0. The SMILES string of the molecule is Cl.O=C(O)CC1CCN(CC(=O)N2CCc3c(n(Cc4ccc(OC(F)(F)F)cc4)c4ccccc34)C2)CC1. The second kappa shape index (κ2) is 11.9. The summed E-state index contributed by atoms with van der Waals surface area (Å²) in [6.07, 6.45) is -2.26. The minimum Gasteiger partial charge on any atom is -0.481 e. The van der Waals surface area contributed by atoms with E-state index >= 15 is 0 Å². The fourth-order valence-corrected chi connectivity index (χ4v) is 5.65. The van der Waals surface area contributed by atoms with Crippen LogP contribution in [0, 0.1) is 5.92 Å². The zero-order valence-corrected chi connectivity index (χ0v) is 22.1. The lowest BCUT2D eigenvalue weighted by Gasteiger charge is -2.34. The van der Waals surface area contributed by atoms with E-state index < -0.39 is 12.3 Å². The van der Waals surface area contributed by atoms with E-state index in [1.54, 1.807) is 12.1 Å². The fraction of sp³-hybridized carbons (Fsp3) is 0.429. The van der Waals surface area contributed by atoms with Crippen LogP contribution in [0.25, 0.3) is 10.9 Å². The number of para-hydroxylation sites is 1. The first-order valence-electron chi connectivity index (χ1n) is 12.8. The first-order chi connectivity index (χ1) is 18.2. The van der Waals surface area contributed by atoms with E-state index in [2.05, 4.69) is 20.3 Å². The molecule has 1 N–H and O–H groups in total. The number of fused-ring (bicyclic) bond motifs is 3. The van der Waals surface area contributed by atoms with Gasteiger partial charge in [-0.25, -0.2) is 0 Å². The Hall–Kier alpha value is -3.24. The summed E-state index contributed by atoms with van der Waals surface area (Å²) in [5, 5.41) is 10.2. The molecule has 1 amide bonds. The molecule has 0 bridgehead atoms. The fourth-order valence-electron chi connectivity index (χ4n) is 5.65. The molecule has 0 atom stereocenters. The predicted octanol–water partition coefficient (Wildman–Crippen LogP) is 5.08. The van der Waals surface area contributed by atoms with Crippen molar-refractivity contribution in [2.75, 3.05) is 26.2 Å². The summed E-state index contributed by atoms with van der Waals surface area (Å²) in [4.78, 5) is 28.2. The predicted molar refractivity (Wildman–Crippen MR) is 142 cm³/mol. The van der Waals surface area contributed by atoms with Crippen molar-refractivity contribution in [1.29, 1.82) is 0 Å². The van der Waals surface area contributed by atoms with E-state index in [1.807, 2.05) is 23.1 Å². The maximum atomic E-state index is 13.2. The number of nitrogens with zero attached hydrogens (tertiary/aromatic N) is 3. The molecule has 5 rings (SSSR count). The number of rotatable bonds is 7. The third-order valence-electron chi connectivity index (χ3n) is 7.55. The lowest BCUT2D eigenvalue weighted by molar-refractivity contribution is -0.274. The Morgan fingerprint density at radius 3 is 2.36 bits per heavy atom. The number of alkyl halides is 3. The quantitative estimate of drug-likeness (QED) is 0.432. The number of amides is 1. The number of likely N-dealkylation sites (tertiary alicyclic amines) is 1. The van der Waals surface area contributed by atoms with Crippen LogP contribution in [-0.2, 0) is 29.1 Å². The summed E-state index contributed by atoms with van der Waals surface area (Å²) in [5.74, 6) is -0.812. The Balaban J connectivity index is 0.00000353. The molecule has 2 aliphatic heterocycles. The van der Waals surface area contributed by atoms with Crippen LogP contribution in [0.2, 0.25) is 0 Å². The molecule has 1 aromatic heterocycles. The summed E-state index contributed by atoms with van der Waals surface area (Å²) < 4.78 is 43.8. The van der Waals surface area contributed by atoms with Crippen LogP contribution >= 0.6 is 12.4 Å². The van der Waals surface area contributed by atoms with Crippen LogP contribution in [-0.4, -0.2) is 63.9 Å². The van der Waals surface area contributed by atoms with Crippen LogP contribution in [0.4, 0.5) is 13.2 Å². The van der Waals surface area contributed by atoms with Gasteiger partial charge in [0.15, 0.2) is 0 Å². The minimum atomic E-state index is -4.73. The van der Waals surface area contributed by atoms with Gasteiger partial charge in [0.05, 0.1) is 13.1 Å². The van der Waals surface area contributed by atoms with Gasteiger partial charge < -0.3 is 19.3 Å². The maximum absolute atomic E-state index is 13.2. The molecule has 0 aliphatic carbocycles. The number of carboxylic acid groups (broad SMARTS) is 1. The summed E-state index contributed by atoms with van der Waals surface area (Å²) in [6, 6.07) is 13.9. The number of benzene rings is 2. The average molecular weight is 566 g/mol. The van der Waals surface area contributed by atoms with Crippen LogP contribution in [0.5, 0.6) is 5.75 Å². The molecule has 210 valence electrons. The Bertz CT molecular complexity index is 1320. The van der Waals surface area contributed by atoms with Gasteiger partial charge in [-0.2, -0.15) is 0 Å². The Morgan fingerprint density at radius 2 is 1.69 bits per heavy atom. The van der Waals surface area contributed by atoms with Gasteiger partial charge in [0.2, 0.25) is 5.91 Å². The largest absolute Gasteiger partial charge is 0.573 e. The van der Waals surface area contributed by atoms with E-state index in [-0.39, 0.29) is 36.4 Å². The van der Waals surface area contributed by atoms with Crippen molar-refractivity contribution in [3.63, 3.8) is 0 Å². The molecule has 0 spiro atoms. The van der Waals surface area contributed by atoms with Crippen LogP contribution in [0.15, 0.2) is 48.5 Å². The normalized spacial score (nSPS) is 16.5. The smallest absolute Gasteiger partial charge is 0.481 e. The van der Waals surface area contributed by atoms with Gasteiger partial charge in [-0.1, -0.05) is 30.3 Å². The number of aromatic nitrogens is 1. The van der Waals surface area contributed by atoms with Crippen LogP contribution < -0.4 is 4.74 Å². The van der Waals surface area contributed by atoms with Crippen molar-refractivity contribution in [3.05, 3.63) is 65.4 Å². The first kappa shape index (κ1) is 28.8. The van der Waals surface area contributed by atoms with Gasteiger partial charge in [-0.3, -0.25) is 14.5 Å². The molecular weight excluding hydrogens is 535 g/mol. The van der Waals surface area contributed by atoms with E-state index in [4.69, 9.17) is 5.11 Å². The number of ether oxygens (including phenoxy) is 1. The molecule has 39 heavy (non-hydrogen) atoms. The first-order valence-corrected chi connectivity index (χ1v) is 12.8. The number of aliphatic carboxylic acids is 1. The standard InChI is InChI=1S/C28H30F3N3O4.ClH/c29-28(30,31)38-21-7-5-20(6-8-21)16-34-24-4-2-1-3-22(24)23-11-14-33(17-25(23)34)26(35)18-32-12-9-19(10-13-32)15-27(36)37;/h1-8,19H,9-18H2,(H,36,37);1H. The maximum Gasteiger partial charge on any atom is 0.573 e.